The molecule has 7 heteroatoms. The van der Waals surface area contributed by atoms with Crippen LogP contribution in [0.5, 0.6) is 0 Å². The number of aromatic nitrogens is 2. The average Bonchev–Trinajstić information content (AvgIpc) is 2.91. The third-order valence-corrected chi connectivity index (χ3v) is 5.69. The molecule has 27 heavy (non-hydrogen) atoms. The second-order valence-electron chi connectivity index (χ2n) is 7.33. The largest absolute Gasteiger partial charge is 0.379 e. The fraction of sp³-hybridized carbons (Fsp3) is 0.450. The fourth-order valence-corrected chi connectivity index (χ4v) is 4.10. The minimum atomic E-state index is 0.0286. The molecule has 4 rings (SSSR count). The van der Waals surface area contributed by atoms with E-state index in [0.717, 1.165) is 51.6 Å². The molecule has 0 atom stereocenters. The molecular weight excluding hydrogens is 364 g/mol. The van der Waals surface area contributed by atoms with Crippen LogP contribution in [-0.4, -0.2) is 60.2 Å². The van der Waals surface area contributed by atoms with Gasteiger partial charge in [0.15, 0.2) is 0 Å². The number of carbonyl (C=O) groups is 1. The monoisotopic (exact) mass is 386 g/mol. The van der Waals surface area contributed by atoms with Crippen LogP contribution in [0, 0.1) is 5.41 Å². The van der Waals surface area contributed by atoms with Gasteiger partial charge in [0.25, 0.3) is 5.91 Å². The van der Waals surface area contributed by atoms with Gasteiger partial charge in [-0.15, -0.1) is 0 Å². The lowest BCUT2D eigenvalue weighted by atomic mass is 9.78. The number of hydrogen-bond donors (Lipinski definition) is 0. The molecule has 0 N–H and O–H groups in total. The van der Waals surface area contributed by atoms with Crippen LogP contribution in [-0.2, 0) is 4.74 Å². The summed E-state index contributed by atoms with van der Waals surface area (Å²) in [5.74, 6) is 0.796. The predicted molar refractivity (Wildman–Crippen MR) is 104 cm³/mol. The van der Waals surface area contributed by atoms with Crippen LogP contribution in [0.3, 0.4) is 0 Å². The molecule has 0 saturated carbocycles. The van der Waals surface area contributed by atoms with Gasteiger partial charge in [-0.1, -0.05) is 17.7 Å². The van der Waals surface area contributed by atoms with Gasteiger partial charge in [0.1, 0.15) is 0 Å². The molecular formula is C20H23ClN4O2. The molecule has 0 radical (unpaired) electrons. The van der Waals surface area contributed by atoms with Gasteiger partial charge in [-0.2, -0.15) is 0 Å². The van der Waals surface area contributed by atoms with E-state index in [1.165, 1.54) is 0 Å². The summed E-state index contributed by atoms with van der Waals surface area (Å²) in [6, 6.07) is 8.98. The predicted octanol–water partition coefficient (Wildman–Crippen LogP) is 2.89. The maximum Gasteiger partial charge on any atom is 0.253 e. The number of benzene rings is 1. The molecule has 0 unspecified atom stereocenters. The van der Waals surface area contributed by atoms with Gasteiger partial charge in [0.05, 0.1) is 13.2 Å². The van der Waals surface area contributed by atoms with Gasteiger partial charge in [-0.05, 0) is 37.1 Å². The van der Waals surface area contributed by atoms with E-state index < -0.39 is 0 Å². The van der Waals surface area contributed by atoms with Gasteiger partial charge < -0.3 is 14.5 Å². The first-order valence-corrected chi connectivity index (χ1v) is 9.68. The van der Waals surface area contributed by atoms with Crippen molar-refractivity contribution in [3.8, 4) is 0 Å². The number of carbonyl (C=O) groups excluding carboxylic acids is 1. The van der Waals surface area contributed by atoms with Crippen molar-refractivity contribution in [2.45, 2.75) is 12.8 Å². The minimum absolute atomic E-state index is 0.0286. The number of rotatable bonds is 2. The number of likely N-dealkylation sites (tertiary alicyclic amines) is 1. The average molecular weight is 387 g/mol. The van der Waals surface area contributed by atoms with E-state index in [9.17, 15) is 4.79 Å². The SMILES string of the molecule is O=C(c1cccc(Cl)c1)N1CCC2(CC1)COCCN(c1ncccn1)C2. The highest BCUT2D eigenvalue weighted by Gasteiger charge is 2.39. The molecule has 2 saturated heterocycles. The highest BCUT2D eigenvalue weighted by atomic mass is 35.5. The number of nitrogens with zero attached hydrogens (tertiary/aromatic N) is 4. The Labute approximate surface area is 164 Å². The van der Waals surface area contributed by atoms with Crippen LogP contribution in [0.25, 0.3) is 0 Å². The van der Waals surface area contributed by atoms with Crippen molar-refractivity contribution in [1.82, 2.24) is 14.9 Å². The van der Waals surface area contributed by atoms with E-state index in [1.807, 2.05) is 23.1 Å². The van der Waals surface area contributed by atoms with Gasteiger partial charge in [-0.25, -0.2) is 9.97 Å². The number of halogens is 1. The summed E-state index contributed by atoms with van der Waals surface area (Å²) in [5.41, 5.74) is 0.677. The number of amides is 1. The highest BCUT2D eigenvalue weighted by molar-refractivity contribution is 6.30. The van der Waals surface area contributed by atoms with Crippen molar-refractivity contribution in [3.05, 3.63) is 53.3 Å². The van der Waals surface area contributed by atoms with E-state index in [2.05, 4.69) is 14.9 Å². The first kappa shape index (κ1) is 18.2. The Hall–Kier alpha value is -2.18. The van der Waals surface area contributed by atoms with Crippen molar-refractivity contribution in [2.75, 3.05) is 44.3 Å². The van der Waals surface area contributed by atoms with E-state index in [1.54, 1.807) is 24.5 Å². The molecule has 1 amide bonds. The van der Waals surface area contributed by atoms with Crippen LogP contribution in [0.1, 0.15) is 23.2 Å². The topological polar surface area (TPSA) is 58.6 Å². The first-order valence-electron chi connectivity index (χ1n) is 9.30. The molecule has 2 aliphatic rings. The molecule has 1 aromatic carbocycles. The van der Waals surface area contributed by atoms with Crippen molar-refractivity contribution in [3.63, 3.8) is 0 Å². The molecule has 0 aliphatic carbocycles. The zero-order valence-corrected chi connectivity index (χ0v) is 15.9. The van der Waals surface area contributed by atoms with Crippen LogP contribution in [0.4, 0.5) is 5.95 Å². The Bertz CT molecular complexity index is 794. The fourth-order valence-electron chi connectivity index (χ4n) is 3.91. The molecule has 142 valence electrons. The van der Waals surface area contributed by atoms with E-state index in [0.29, 0.717) is 17.2 Å². The lowest BCUT2D eigenvalue weighted by Crippen LogP contribution is -2.49. The zero-order valence-electron chi connectivity index (χ0n) is 15.2. The lowest BCUT2D eigenvalue weighted by Gasteiger charge is -2.42. The molecule has 1 spiro atoms. The summed E-state index contributed by atoms with van der Waals surface area (Å²) < 4.78 is 5.92. The number of anilines is 1. The summed E-state index contributed by atoms with van der Waals surface area (Å²) in [4.78, 5) is 25.7. The smallest absolute Gasteiger partial charge is 0.253 e. The summed E-state index contributed by atoms with van der Waals surface area (Å²) in [5, 5.41) is 0.588. The minimum Gasteiger partial charge on any atom is -0.379 e. The van der Waals surface area contributed by atoms with Gasteiger partial charge in [-0.3, -0.25) is 4.79 Å². The summed E-state index contributed by atoms with van der Waals surface area (Å²) in [6.45, 7) is 4.48. The number of ether oxygens (including phenoxy) is 1. The molecule has 2 aliphatic heterocycles. The van der Waals surface area contributed by atoms with Gasteiger partial charge >= 0.3 is 0 Å². The molecule has 6 nitrogen and oxygen atoms in total. The second-order valence-corrected chi connectivity index (χ2v) is 7.76. The number of piperidine rings is 1. The Morgan fingerprint density at radius 2 is 1.89 bits per heavy atom. The molecule has 1 aromatic heterocycles. The summed E-state index contributed by atoms with van der Waals surface area (Å²) in [6.07, 6.45) is 5.35. The Balaban J connectivity index is 1.44. The highest BCUT2D eigenvalue weighted by Crippen LogP contribution is 2.35. The van der Waals surface area contributed by atoms with Gasteiger partial charge in [0, 0.05) is 54.6 Å². The van der Waals surface area contributed by atoms with Crippen LogP contribution in [0.15, 0.2) is 42.7 Å². The van der Waals surface area contributed by atoms with Gasteiger partial charge in [0.2, 0.25) is 5.95 Å². The molecule has 3 heterocycles. The Kier molecular flexibility index (Phi) is 5.27. The van der Waals surface area contributed by atoms with Crippen LogP contribution in [0.2, 0.25) is 5.02 Å². The number of hydrogen-bond acceptors (Lipinski definition) is 5. The van der Waals surface area contributed by atoms with Crippen molar-refractivity contribution in [2.24, 2.45) is 5.41 Å². The molecule has 2 fully saturated rings. The third-order valence-electron chi connectivity index (χ3n) is 5.46. The van der Waals surface area contributed by atoms with Crippen LogP contribution >= 0.6 is 11.6 Å². The quantitative estimate of drug-likeness (QED) is 0.794. The lowest BCUT2D eigenvalue weighted by molar-refractivity contribution is 0.0207. The summed E-state index contributed by atoms with van der Waals surface area (Å²) in [7, 11) is 0. The maximum atomic E-state index is 12.8. The second kappa shape index (κ2) is 7.82. The van der Waals surface area contributed by atoms with Crippen molar-refractivity contribution >= 4 is 23.5 Å². The third kappa shape index (κ3) is 4.06. The van der Waals surface area contributed by atoms with Crippen molar-refractivity contribution in [1.29, 1.82) is 0 Å². The summed E-state index contributed by atoms with van der Waals surface area (Å²) >= 11 is 6.03. The standard InChI is InChI=1S/C20H23ClN4O2/c21-17-4-1-3-16(13-17)18(26)24-9-5-20(6-10-24)14-25(11-12-27-15-20)19-22-7-2-8-23-19/h1-4,7-8,13H,5-6,9-12,14-15H2. The first-order chi connectivity index (χ1) is 13.2. The Morgan fingerprint density at radius 1 is 1.11 bits per heavy atom. The van der Waals surface area contributed by atoms with E-state index >= 15 is 0 Å². The van der Waals surface area contributed by atoms with Crippen molar-refractivity contribution < 1.29 is 9.53 Å². The molecule has 0 bridgehead atoms. The Morgan fingerprint density at radius 3 is 2.63 bits per heavy atom. The van der Waals surface area contributed by atoms with E-state index in [-0.39, 0.29) is 11.3 Å². The molecule has 2 aromatic rings. The zero-order chi connectivity index (χ0) is 18.7. The normalized spacial score (nSPS) is 19.7. The van der Waals surface area contributed by atoms with E-state index in [4.69, 9.17) is 16.3 Å². The maximum absolute atomic E-state index is 12.8. The van der Waals surface area contributed by atoms with Crippen LogP contribution < -0.4 is 4.90 Å².